The zero-order valence-corrected chi connectivity index (χ0v) is 13.1. The monoisotopic (exact) mass is 314 g/mol. The van der Waals surface area contributed by atoms with E-state index in [2.05, 4.69) is 10.3 Å². The number of methoxy groups -OCH3 is 1. The van der Waals surface area contributed by atoms with E-state index in [0.29, 0.717) is 28.8 Å². The molecular weight excluding hydrogens is 296 g/mol. The second-order valence-corrected chi connectivity index (χ2v) is 5.53. The molecule has 1 aliphatic heterocycles. The molecule has 1 atom stereocenters. The lowest BCUT2D eigenvalue weighted by atomic mass is 10.1. The van der Waals surface area contributed by atoms with Crippen LogP contribution in [0.1, 0.15) is 28.9 Å². The fraction of sp³-hybridized carbons (Fsp3) is 0.353. The van der Waals surface area contributed by atoms with Gasteiger partial charge in [-0.15, -0.1) is 0 Å². The lowest BCUT2D eigenvalue weighted by molar-refractivity contribution is -0.124. The first-order valence-electron chi connectivity index (χ1n) is 7.50. The fourth-order valence-electron chi connectivity index (χ4n) is 2.70. The van der Waals surface area contributed by atoms with Crippen LogP contribution in [0, 0.1) is 6.92 Å². The first kappa shape index (κ1) is 15.4. The Morgan fingerprint density at radius 2 is 2.17 bits per heavy atom. The Hall–Kier alpha value is -2.47. The van der Waals surface area contributed by atoms with Crippen LogP contribution in [0.25, 0.3) is 10.9 Å². The molecule has 1 aromatic carbocycles. The van der Waals surface area contributed by atoms with Gasteiger partial charge in [0, 0.05) is 17.7 Å². The van der Waals surface area contributed by atoms with Crippen molar-refractivity contribution in [1.82, 2.24) is 4.98 Å². The number of nitrogens with zero attached hydrogens (tertiary/aromatic N) is 1. The van der Waals surface area contributed by atoms with Crippen molar-refractivity contribution in [2.24, 2.45) is 0 Å². The van der Waals surface area contributed by atoms with E-state index in [9.17, 15) is 9.59 Å². The van der Waals surface area contributed by atoms with Gasteiger partial charge in [-0.3, -0.25) is 9.78 Å². The van der Waals surface area contributed by atoms with Crippen LogP contribution in [0.15, 0.2) is 24.3 Å². The van der Waals surface area contributed by atoms with Gasteiger partial charge in [-0.1, -0.05) is 0 Å². The molecule has 0 aliphatic carbocycles. The van der Waals surface area contributed by atoms with Crippen molar-refractivity contribution in [2.45, 2.75) is 25.9 Å². The van der Waals surface area contributed by atoms with Crippen LogP contribution in [-0.4, -0.2) is 36.7 Å². The smallest absolute Gasteiger partial charge is 0.337 e. The first-order chi connectivity index (χ1) is 11.1. The third kappa shape index (κ3) is 3.17. The molecule has 1 unspecified atom stereocenters. The van der Waals surface area contributed by atoms with Crippen LogP contribution in [0.4, 0.5) is 5.69 Å². The minimum atomic E-state index is -0.427. The molecule has 1 saturated heterocycles. The van der Waals surface area contributed by atoms with E-state index in [1.54, 1.807) is 24.3 Å². The number of benzene rings is 1. The highest BCUT2D eigenvalue weighted by Gasteiger charge is 2.24. The first-order valence-corrected chi connectivity index (χ1v) is 7.50. The third-order valence-corrected chi connectivity index (χ3v) is 3.84. The van der Waals surface area contributed by atoms with Crippen LogP contribution in [0.3, 0.4) is 0 Å². The van der Waals surface area contributed by atoms with Gasteiger partial charge in [0.15, 0.2) is 0 Å². The Kier molecular flexibility index (Phi) is 4.25. The summed E-state index contributed by atoms with van der Waals surface area (Å²) in [4.78, 5) is 28.4. The maximum Gasteiger partial charge on any atom is 0.337 e. The third-order valence-electron chi connectivity index (χ3n) is 3.84. The molecule has 1 fully saturated rings. The number of esters is 1. The van der Waals surface area contributed by atoms with E-state index in [-0.39, 0.29) is 5.91 Å². The zero-order chi connectivity index (χ0) is 16.4. The number of aromatic nitrogens is 1. The average molecular weight is 314 g/mol. The van der Waals surface area contributed by atoms with Crippen molar-refractivity contribution in [3.63, 3.8) is 0 Å². The van der Waals surface area contributed by atoms with Crippen LogP contribution in [0.2, 0.25) is 0 Å². The van der Waals surface area contributed by atoms with E-state index >= 15 is 0 Å². The van der Waals surface area contributed by atoms with Gasteiger partial charge in [0.2, 0.25) is 0 Å². The summed E-state index contributed by atoms with van der Waals surface area (Å²) in [6.45, 7) is 2.47. The standard InChI is InChI=1S/C17H18N2O4/c1-10-8-14(19-16(20)15-4-3-7-23-15)12-9-11(17(21)22-2)5-6-13(12)18-10/h5-6,8-9,15H,3-4,7H2,1-2H3,(H,18,19,20). The van der Waals surface area contributed by atoms with Gasteiger partial charge in [0.25, 0.3) is 5.91 Å². The number of aryl methyl sites for hydroxylation is 1. The predicted octanol–water partition coefficient (Wildman–Crippen LogP) is 2.45. The lowest BCUT2D eigenvalue weighted by Crippen LogP contribution is -2.27. The van der Waals surface area contributed by atoms with Crippen molar-refractivity contribution in [3.05, 3.63) is 35.5 Å². The highest BCUT2D eigenvalue weighted by Crippen LogP contribution is 2.26. The summed E-state index contributed by atoms with van der Waals surface area (Å²) in [5.41, 5.74) is 2.53. The van der Waals surface area contributed by atoms with Gasteiger partial charge < -0.3 is 14.8 Å². The van der Waals surface area contributed by atoms with Crippen LogP contribution in [0.5, 0.6) is 0 Å². The molecule has 1 aromatic heterocycles. The summed E-state index contributed by atoms with van der Waals surface area (Å²) in [5, 5.41) is 3.59. The molecule has 0 spiro atoms. The molecule has 6 heteroatoms. The molecule has 0 bridgehead atoms. The summed E-state index contributed by atoms with van der Waals surface area (Å²) in [5.74, 6) is -0.596. The van der Waals surface area contributed by atoms with Gasteiger partial charge in [0.05, 0.1) is 23.9 Å². The largest absolute Gasteiger partial charge is 0.465 e. The minimum Gasteiger partial charge on any atom is -0.465 e. The van der Waals surface area contributed by atoms with Crippen molar-refractivity contribution in [2.75, 3.05) is 19.0 Å². The molecule has 23 heavy (non-hydrogen) atoms. The molecule has 6 nitrogen and oxygen atoms in total. The number of ether oxygens (including phenoxy) is 2. The minimum absolute atomic E-state index is 0.169. The van der Waals surface area contributed by atoms with E-state index in [4.69, 9.17) is 9.47 Å². The maximum atomic E-state index is 12.3. The number of hydrogen-bond acceptors (Lipinski definition) is 5. The quantitative estimate of drug-likeness (QED) is 0.881. The van der Waals surface area contributed by atoms with Crippen LogP contribution < -0.4 is 5.32 Å². The van der Waals surface area contributed by atoms with Gasteiger partial charge in [-0.2, -0.15) is 0 Å². The van der Waals surface area contributed by atoms with Gasteiger partial charge in [0.1, 0.15) is 6.10 Å². The number of pyridine rings is 1. The topological polar surface area (TPSA) is 77.5 Å². The van der Waals surface area contributed by atoms with E-state index in [1.807, 2.05) is 6.92 Å². The maximum absolute atomic E-state index is 12.3. The Morgan fingerprint density at radius 3 is 2.87 bits per heavy atom. The molecule has 1 amide bonds. The number of anilines is 1. The normalized spacial score (nSPS) is 17.2. The Labute approximate surface area is 133 Å². The highest BCUT2D eigenvalue weighted by atomic mass is 16.5. The molecule has 3 rings (SSSR count). The van der Waals surface area contributed by atoms with Crippen molar-refractivity contribution >= 4 is 28.5 Å². The molecule has 120 valence electrons. The molecule has 0 saturated carbocycles. The second kappa shape index (κ2) is 6.34. The van der Waals surface area contributed by atoms with E-state index in [1.165, 1.54) is 7.11 Å². The second-order valence-electron chi connectivity index (χ2n) is 5.53. The zero-order valence-electron chi connectivity index (χ0n) is 13.1. The molecule has 2 heterocycles. The predicted molar refractivity (Wildman–Crippen MR) is 85.4 cm³/mol. The molecule has 0 radical (unpaired) electrons. The number of carbonyl (C=O) groups excluding carboxylic acids is 2. The SMILES string of the molecule is COC(=O)c1ccc2nc(C)cc(NC(=O)C3CCCO3)c2c1. The summed E-state index contributed by atoms with van der Waals surface area (Å²) < 4.78 is 10.2. The number of hydrogen-bond donors (Lipinski definition) is 1. The summed E-state index contributed by atoms with van der Waals surface area (Å²) in [6.07, 6.45) is 1.20. The van der Waals surface area contributed by atoms with E-state index in [0.717, 1.165) is 18.5 Å². The van der Waals surface area contributed by atoms with Crippen LogP contribution >= 0.6 is 0 Å². The number of rotatable bonds is 3. The molecular formula is C17H18N2O4. The van der Waals surface area contributed by atoms with Crippen molar-refractivity contribution < 1.29 is 19.1 Å². The van der Waals surface area contributed by atoms with Gasteiger partial charge in [-0.05, 0) is 44.0 Å². The van der Waals surface area contributed by atoms with Gasteiger partial charge >= 0.3 is 5.97 Å². The van der Waals surface area contributed by atoms with Crippen molar-refractivity contribution in [1.29, 1.82) is 0 Å². The Balaban J connectivity index is 1.99. The number of amides is 1. The van der Waals surface area contributed by atoms with Gasteiger partial charge in [-0.25, -0.2) is 4.79 Å². The summed E-state index contributed by atoms with van der Waals surface area (Å²) in [6, 6.07) is 6.87. The fourth-order valence-corrected chi connectivity index (χ4v) is 2.70. The van der Waals surface area contributed by atoms with Crippen molar-refractivity contribution in [3.8, 4) is 0 Å². The molecule has 2 aromatic rings. The Morgan fingerprint density at radius 1 is 1.35 bits per heavy atom. The average Bonchev–Trinajstić information content (AvgIpc) is 3.08. The summed E-state index contributed by atoms with van der Waals surface area (Å²) >= 11 is 0. The Bertz CT molecular complexity index is 767. The summed E-state index contributed by atoms with van der Waals surface area (Å²) in [7, 11) is 1.33. The number of carbonyl (C=O) groups is 2. The van der Waals surface area contributed by atoms with Crippen LogP contribution in [-0.2, 0) is 14.3 Å². The molecule has 1 aliphatic rings. The molecule has 1 N–H and O–H groups in total. The highest BCUT2D eigenvalue weighted by molar-refractivity contribution is 6.04. The lowest BCUT2D eigenvalue weighted by Gasteiger charge is -2.13. The number of fused-ring (bicyclic) bond motifs is 1. The number of nitrogens with one attached hydrogen (secondary N) is 1. The van der Waals surface area contributed by atoms with E-state index < -0.39 is 12.1 Å².